The Kier molecular flexibility index (Phi) is 6.40. The Morgan fingerprint density at radius 3 is 2.39 bits per heavy atom. The molecule has 0 spiro atoms. The third-order valence-corrected chi connectivity index (χ3v) is 4.54. The number of ketones is 1. The van der Waals surface area contributed by atoms with Gasteiger partial charge in [-0.2, -0.15) is 0 Å². The summed E-state index contributed by atoms with van der Waals surface area (Å²) >= 11 is 0. The fourth-order valence-corrected chi connectivity index (χ4v) is 2.96. The van der Waals surface area contributed by atoms with Crippen LogP contribution in [0, 0.1) is 0 Å². The van der Waals surface area contributed by atoms with Crippen molar-refractivity contribution in [1.82, 2.24) is 0 Å². The number of aliphatic hydroxyl groups is 1. The number of hydrogen-bond donors (Lipinski definition) is 1. The minimum absolute atomic E-state index is 0.255. The number of methoxy groups -OCH3 is 1. The summed E-state index contributed by atoms with van der Waals surface area (Å²) in [5.41, 5.74) is 1.15. The smallest absolute Gasteiger partial charge is 0.379 e. The molecule has 1 atom stereocenters. The minimum atomic E-state index is -0.892. The fraction of sp³-hybridized carbons (Fsp3) is 0.217. The summed E-state index contributed by atoms with van der Waals surface area (Å²) in [6.07, 6.45) is 0.710. The zero-order valence-corrected chi connectivity index (χ0v) is 15.6. The minimum Gasteiger partial charge on any atom is -0.494 e. The highest BCUT2D eigenvalue weighted by Gasteiger charge is 2.16. The average Bonchev–Trinajstić information content (AvgIpc) is 2.75. The van der Waals surface area contributed by atoms with Crippen molar-refractivity contribution in [2.24, 2.45) is 0 Å². The largest absolute Gasteiger partial charge is 0.494 e. The van der Waals surface area contributed by atoms with Crippen LogP contribution in [0.4, 0.5) is 0 Å². The van der Waals surface area contributed by atoms with Crippen molar-refractivity contribution in [3.05, 3.63) is 77.9 Å². The number of benzene rings is 3. The highest BCUT2D eigenvalue weighted by atomic mass is 16.5. The van der Waals surface area contributed by atoms with Crippen molar-refractivity contribution in [2.75, 3.05) is 13.7 Å². The Bertz CT molecular complexity index is 962. The Morgan fingerprint density at radius 1 is 0.964 bits per heavy atom. The summed E-state index contributed by atoms with van der Waals surface area (Å²) in [5, 5.41) is 12.7. The summed E-state index contributed by atoms with van der Waals surface area (Å²) in [5.74, 6) is -0.981. The van der Waals surface area contributed by atoms with E-state index in [-0.39, 0.29) is 5.56 Å². The van der Waals surface area contributed by atoms with E-state index in [1.807, 2.05) is 42.5 Å². The molecule has 0 saturated carbocycles. The monoisotopic (exact) mass is 378 g/mol. The maximum atomic E-state index is 11.7. The van der Waals surface area contributed by atoms with Gasteiger partial charge in [0.15, 0.2) is 0 Å². The van der Waals surface area contributed by atoms with Crippen molar-refractivity contribution in [1.29, 1.82) is 0 Å². The molecular formula is C23H22O5. The van der Waals surface area contributed by atoms with E-state index in [1.165, 1.54) is 19.2 Å². The highest BCUT2D eigenvalue weighted by molar-refractivity contribution is 6.40. The second-order valence-corrected chi connectivity index (χ2v) is 6.46. The lowest BCUT2D eigenvalue weighted by atomic mass is 10.0. The number of rotatable bonds is 8. The topological polar surface area (TPSA) is 72.8 Å². The van der Waals surface area contributed by atoms with Crippen LogP contribution in [-0.4, -0.2) is 30.6 Å². The van der Waals surface area contributed by atoms with Crippen molar-refractivity contribution < 1.29 is 24.2 Å². The lowest BCUT2D eigenvalue weighted by Crippen LogP contribution is -2.15. The van der Waals surface area contributed by atoms with Gasteiger partial charge in [-0.15, -0.1) is 0 Å². The van der Waals surface area contributed by atoms with E-state index >= 15 is 0 Å². The van der Waals surface area contributed by atoms with Crippen LogP contribution in [0.25, 0.3) is 10.8 Å². The van der Waals surface area contributed by atoms with Crippen molar-refractivity contribution in [2.45, 2.75) is 18.9 Å². The van der Waals surface area contributed by atoms with Crippen molar-refractivity contribution in [3.8, 4) is 5.75 Å². The summed E-state index contributed by atoms with van der Waals surface area (Å²) in [7, 11) is 1.17. The number of carbonyl (C=O) groups is 2. The lowest BCUT2D eigenvalue weighted by molar-refractivity contribution is -0.135. The van der Waals surface area contributed by atoms with Crippen molar-refractivity contribution in [3.63, 3.8) is 0 Å². The number of Topliss-reactive ketones (excluding diaryl/α,β-unsaturated/α-hetero) is 1. The van der Waals surface area contributed by atoms with Gasteiger partial charge >= 0.3 is 5.97 Å². The molecule has 3 aromatic carbocycles. The summed E-state index contributed by atoms with van der Waals surface area (Å²) in [6.45, 7) is 0.439. The standard InChI is InChI=1S/C23H22O5/c1-27-23(26)22(25)17-10-12-20(13-11-17)28-14-4-7-21(24)19-9-8-16-5-2-3-6-18(16)15-19/h2-3,5-6,8-13,15,21,24H,4,7,14H2,1H3. The van der Waals surface area contributed by atoms with E-state index < -0.39 is 17.9 Å². The number of esters is 1. The van der Waals surface area contributed by atoms with E-state index in [1.54, 1.807) is 12.1 Å². The first kappa shape index (κ1) is 19.6. The van der Waals surface area contributed by atoms with Gasteiger partial charge in [0.1, 0.15) is 5.75 Å². The Hall–Kier alpha value is -3.18. The van der Waals surface area contributed by atoms with Gasteiger partial charge in [0, 0.05) is 5.56 Å². The summed E-state index contributed by atoms with van der Waals surface area (Å²) in [6, 6.07) is 20.4. The third kappa shape index (κ3) is 4.75. The molecule has 0 heterocycles. The van der Waals surface area contributed by atoms with Crippen LogP contribution in [0.1, 0.15) is 34.9 Å². The molecule has 0 aromatic heterocycles. The first-order valence-electron chi connectivity index (χ1n) is 9.11. The number of fused-ring (bicyclic) bond motifs is 1. The number of ether oxygens (including phenoxy) is 2. The van der Waals surface area contributed by atoms with Crippen LogP contribution in [-0.2, 0) is 9.53 Å². The average molecular weight is 378 g/mol. The quantitative estimate of drug-likeness (QED) is 0.277. The third-order valence-electron chi connectivity index (χ3n) is 4.54. The molecule has 5 nitrogen and oxygen atoms in total. The van der Waals surface area contributed by atoms with Gasteiger partial charge in [0.25, 0.3) is 5.78 Å². The van der Waals surface area contributed by atoms with Gasteiger partial charge in [-0.1, -0.05) is 36.4 Å². The van der Waals surface area contributed by atoms with E-state index in [0.29, 0.717) is 25.2 Å². The normalized spacial score (nSPS) is 11.8. The molecule has 1 unspecified atom stereocenters. The molecule has 1 N–H and O–H groups in total. The van der Waals surface area contributed by atoms with Crippen LogP contribution in [0.3, 0.4) is 0 Å². The zero-order chi connectivity index (χ0) is 19.9. The molecule has 0 fully saturated rings. The predicted octanol–water partition coefficient (Wildman–Crippen LogP) is 4.09. The molecule has 5 heteroatoms. The second kappa shape index (κ2) is 9.15. The van der Waals surface area contributed by atoms with E-state index in [9.17, 15) is 14.7 Å². The maximum absolute atomic E-state index is 11.7. The molecule has 0 bridgehead atoms. The molecule has 28 heavy (non-hydrogen) atoms. The maximum Gasteiger partial charge on any atom is 0.379 e. The molecule has 0 aliphatic heterocycles. The summed E-state index contributed by atoms with van der Waals surface area (Å²) < 4.78 is 10.1. The van der Waals surface area contributed by atoms with Gasteiger partial charge in [0.05, 0.1) is 19.8 Å². The first-order valence-corrected chi connectivity index (χ1v) is 9.11. The summed E-state index contributed by atoms with van der Waals surface area (Å²) in [4.78, 5) is 22.9. The Morgan fingerprint density at radius 2 is 1.68 bits per heavy atom. The molecular weight excluding hydrogens is 356 g/mol. The van der Waals surface area contributed by atoms with Gasteiger partial charge in [0.2, 0.25) is 0 Å². The van der Waals surface area contributed by atoms with Crippen LogP contribution in [0.2, 0.25) is 0 Å². The van der Waals surface area contributed by atoms with Crippen LogP contribution in [0.15, 0.2) is 66.7 Å². The van der Waals surface area contributed by atoms with Gasteiger partial charge in [-0.3, -0.25) is 4.79 Å². The molecule has 3 rings (SSSR count). The SMILES string of the molecule is COC(=O)C(=O)c1ccc(OCCCC(O)c2ccc3ccccc3c2)cc1. The molecule has 3 aromatic rings. The first-order chi connectivity index (χ1) is 13.6. The van der Waals surface area contributed by atoms with Crippen molar-refractivity contribution >= 4 is 22.5 Å². The van der Waals surface area contributed by atoms with Crippen LogP contribution in [0.5, 0.6) is 5.75 Å². The molecule has 0 radical (unpaired) electrons. The lowest BCUT2D eigenvalue weighted by Gasteiger charge is -2.12. The Balaban J connectivity index is 1.48. The molecule has 0 aliphatic carbocycles. The highest BCUT2D eigenvalue weighted by Crippen LogP contribution is 2.23. The van der Waals surface area contributed by atoms with E-state index in [0.717, 1.165) is 16.3 Å². The van der Waals surface area contributed by atoms with Crippen LogP contribution >= 0.6 is 0 Å². The van der Waals surface area contributed by atoms with Gasteiger partial charge in [-0.25, -0.2) is 4.79 Å². The molecule has 144 valence electrons. The zero-order valence-electron chi connectivity index (χ0n) is 15.6. The fourth-order valence-electron chi connectivity index (χ4n) is 2.96. The number of hydrogen-bond acceptors (Lipinski definition) is 5. The van der Waals surface area contributed by atoms with E-state index in [4.69, 9.17) is 4.74 Å². The number of carbonyl (C=O) groups excluding carboxylic acids is 2. The molecule has 0 amide bonds. The van der Waals surface area contributed by atoms with Gasteiger partial charge in [-0.05, 0) is 59.5 Å². The van der Waals surface area contributed by atoms with Gasteiger partial charge < -0.3 is 14.6 Å². The molecule has 0 saturated heterocycles. The van der Waals surface area contributed by atoms with Crippen LogP contribution < -0.4 is 4.74 Å². The number of aliphatic hydroxyl groups excluding tert-OH is 1. The molecule has 0 aliphatic rings. The second-order valence-electron chi connectivity index (χ2n) is 6.46. The predicted molar refractivity (Wildman–Crippen MR) is 106 cm³/mol. The van der Waals surface area contributed by atoms with E-state index in [2.05, 4.69) is 4.74 Å². The Labute approximate surface area is 163 Å².